The molecule has 0 saturated carbocycles. The van der Waals surface area contributed by atoms with Crippen molar-refractivity contribution in [2.24, 2.45) is 0 Å². The van der Waals surface area contributed by atoms with Crippen LogP contribution in [0, 0.1) is 11.5 Å². The number of nitrogens with zero attached hydrogens (tertiary/aromatic N) is 2. The first-order valence-corrected chi connectivity index (χ1v) is 3.48. The van der Waals surface area contributed by atoms with Crippen molar-refractivity contribution in [3.63, 3.8) is 0 Å². The monoisotopic (exact) mass is 146 g/mol. The fourth-order valence-electron chi connectivity index (χ4n) is 0.515. The van der Waals surface area contributed by atoms with Crippen molar-refractivity contribution in [2.75, 3.05) is 12.4 Å². The van der Waals surface area contributed by atoms with Crippen LogP contribution in [0.2, 0.25) is 0 Å². The molecule has 0 aliphatic carbocycles. The molecule has 9 heavy (non-hydrogen) atoms. The zero-order valence-corrected chi connectivity index (χ0v) is 6.52. The Morgan fingerprint density at radius 2 is 2.22 bits per heavy atom. The molecule has 0 aromatic carbocycles. The molecule has 0 rings (SSSR count). The number of hydrogen-bond donors (Lipinski definition) is 0. The second-order valence-corrected chi connectivity index (χ2v) is 2.45. The van der Waals surface area contributed by atoms with Crippen LogP contribution in [0.15, 0.2) is 0 Å². The predicted octanol–water partition coefficient (Wildman–Crippen LogP) is 1.42. The maximum absolute atomic E-state index is 8.44. The molecule has 0 bridgehead atoms. The van der Waals surface area contributed by atoms with E-state index in [4.69, 9.17) is 16.9 Å². The number of hydrogen-bond acceptors (Lipinski definition) is 2. The average Bonchev–Trinajstić information content (AvgIpc) is 1.82. The Morgan fingerprint density at radius 3 is 2.33 bits per heavy atom. The van der Waals surface area contributed by atoms with E-state index in [9.17, 15) is 0 Å². The minimum absolute atomic E-state index is 0.272. The van der Waals surface area contributed by atoms with Crippen molar-refractivity contribution in [1.29, 1.82) is 5.26 Å². The smallest absolute Gasteiger partial charge is 0.179 e. The summed E-state index contributed by atoms with van der Waals surface area (Å²) in [5.74, 6) is 0.520. The number of alkyl halides is 1. The van der Waals surface area contributed by atoms with Gasteiger partial charge in [0.2, 0.25) is 0 Å². The van der Waals surface area contributed by atoms with E-state index < -0.39 is 0 Å². The lowest BCUT2D eigenvalue weighted by Gasteiger charge is -2.17. The van der Waals surface area contributed by atoms with Gasteiger partial charge in [-0.05, 0) is 13.8 Å². The minimum atomic E-state index is 0.272. The average molecular weight is 147 g/mol. The number of halogens is 1. The molecule has 0 heterocycles. The maximum atomic E-state index is 8.44. The molecule has 0 atom stereocenters. The molecule has 0 aromatic rings. The van der Waals surface area contributed by atoms with Crippen LogP contribution >= 0.6 is 11.6 Å². The lowest BCUT2D eigenvalue weighted by molar-refractivity contribution is 0.344. The molecule has 0 aromatic heterocycles. The van der Waals surface area contributed by atoms with Crippen LogP contribution in [0.25, 0.3) is 0 Å². The SMILES string of the molecule is CC(C)N(C#N)CCCl. The van der Waals surface area contributed by atoms with Crippen molar-refractivity contribution < 1.29 is 0 Å². The summed E-state index contributed by atoms with van der Waals surface area (Å²) in [4.78, 5) is 1.65. The van der Waals surface area contributed by atoms with E-state index in [1.54, 1.807) is 4.90 Å². The summed E-state index contributed by atoms with van der Waals surface area (Å²) in [5.41, 5.74) is 0. The van der Waals surface area contributed by atoms with Gasteiger partial charge < -0.3 is 4.90 Å². The normalized spacial score (nSPS) is 9.22. The Bertz CT molecular complexity index is 106. The zero-order valence-electron chi connectivity index (χ0n) is 5.76. The van der Waals surface area contributed by atoms with Gasteiger partial charge in [0.05, 0.1) is 0 Å². The molecule has 0 saturated heterocycles. The lowest BCUT2D eigenvalue weighted by atomic mass is 10.3. The minimum Gasteiger partial charge on any atom is -0.307 e. The summed E-state index contributed by atoms with van der Waals surface area (Å²) in [6, 6.07) is 0.272. The van der Waals surface area contributed by atoms with Gasteiger partial charge >= 0.3 is 0 Å². The Hall–Kier alpha value is -0.420. The van der Waals surface area contributed by atoms with Gasteiger partial charge in [-0.2, -0.15) is 5.26 Å². The fraction of sp³-hybridized carbons (Fsp3) is 0.833. The molecule has 0 spiro atoms. The van der Waals surface area contributed by atoms with Gasteiger partial charge in [-0.1, -0.05) is 0 Å². The van der Waals surface area contributed by atoms with Crippen molar-refractivity contribution in [3.8, 4) is 6.19 Å². The van der Waals surface area contributed by atoms with Gasteiger partial charge in [-0.3, -0.25) is 0 Å². The third kappa shape index (κ3) is 3.21. The molecule has 0 aliphatic heterocycles. The summed E-state index contributed by atoms with van der Waals surface area (Å²) in [7, 11) is 0. The third-order valence-corrected chi connectivity index (χ3v) is 1.25. The second-order valence-electron chi connectivity index (χ2n) is 2.08. The van der Waals surface area contributed by atoms with Gasteiger partial charge in [0.1, 0.15) is 0 Å². The largest absolute Gasteiger partial charge is 0.307 e. The molecule has 0 N–H and O–H groups in total. The quantitative estimate of drug-likeness (QED) is 0.342. The molecule has 2 nitrogen and oxygen atoms in total. The van der Waals surface area contributed by atoms with E-state index in [-0.39, 0.29) is 6.04 Å². The van der Waals surface area contributed by atoms with Crippen LogP contribution in [0.1, 0.15) is 13.8 Å². The molecular weight excluding hydrogens is 136 g/mol. The molecule has 0 unspecified atom stereocenters. The van der Waals surface area contributed by atoms with E-state index in [0.717, 1.165) is 0 Å². The van der Waals surface area contributed by atoms with Crippen LogP contribution in [-0.4, -0.2) is 23.4 Å². The van der Waals surface area contributed by atoms with Gasteiger partial charge in [0, 0.05) is 18.5 Å². The Balaban J connectivity index is 3.58. The van der Waals surface area contributed by atoms with Gasteiger partial charge in [-0.25, -0.2) is 0 Å². The Labute approximate surface area is 61.0 Å². The number of nitriles is 1. The lowest BCUT2D eigenvalue weighted by Crippen LogP contribution is -2.27. The zero-order chi connectivity index (χ0) is 7.28. The first-order chi connectivity index (χ1) is 4.22. The van der Waals surface area contributed by atoms with Crippen LogP contribution in [0.3, 0.4) is 0 Å². The Kier molecular flexibility index (Phi) is 4.25. The number of rotatable bonds is 3. The summed E-state index contributed by atoms with van der Waals surface area (Å²) in [6.45, 7) is 4.58. The molecule has 0 radical (unpaired) electrons. The molecule has 0 fully saturated rings. The summed E-state index contributed by atoms with van der Waals surface area (Å²) in [5, 5.41) is 8.44. The third-order valence-electron chi connectivity index (χ3n) is 1.08. The molecular formula is C6H11ClN2. The maximum Gasteiger partial charge on any atom is 0.179 e. The van der Waals surface area contributed by atoms with Crippen molar-refractivity contribution >= 4 is 11.6 Å². The van der Waals surface area contributed by atoms with E-state index in [2.05, 4.69) is 6.19 Å². The first-order valence-electron chi connectivity index (χ1n) is 2.94. The Morgan fingerprint density at radius 1 is 1.67 bits per heavy atom. The standard InChI is InChI=1S/C6H11ClN2/c1-6(2)9(5-8)4-3-7/h6H,3-4H2,1-2H3. The highest BCUT2D eigenvalue weighted by Gasteiger charge is 2.03. The predicted molar refractivity (Wildman–Crippen MR) is 38.2 cm³/mol. The van der Waals surface area contributed by atoms with Crippen molar-refractivity contribution in [1.82, 2.24) is 4.90 Å². The summed E-state index contributed by atoms with van der Waals surface area (Å²) in [6.07, 6.45) is 2.05. The van der Waals surface area contributed by atoms with Crippen molar-refractivity contribution in [3.05, 3.63) is 0 Å². The van der Waals surface area contributed by atoms with Crippen LogP contribution < -0.4 is 0 Å². The fourth-order valence-corrected chi connectivity index (χ4v) is 0.697. The van der Waals surface area contributed by atoms with E-state index in [1.165, 1.54) is 0 Å². The molecule has 0 aliphatic rings. The molecule has 52 valence electrons. The van der Waals surface area contributed by atoms with Crippen LogP contribution in [0.4, 0.5) is 0 Å². The van der Waals surface area contributed by atoms with Crippen molar-refractivity contribution in [2.45, 2.75) is 19.9 Å². The summed E-state index contributed by atoms with van der Waals surface area (Å²) < 4.78 is 0. The van der Waals surface area contributed by atoms with Crippen LogP contribution in [-0.2, 0) is 0 Å². The summed E-state index contributed by atoms with van der Waals surface area (Å²) >= 11 is 5.43. The van der Waals surface area contributed by atoms with Gasteiger partial charge in [0.25, 0.3) is 0 Å². The topological polar surface area (TPSA) is 27.0 Å². The van der Waals surface area contributed by atoms with E-state index >= 15 is 0 Å². The highest BCUT2D eigenvalue weighted by atomic mass is 35.5. The first kappa shape index (κ1) is 8.58. The molecule has 3 heteroatoms. The van der Waals surface area contributed by atoms with Gasteiger partial charge in [-0.15, -0.1) is 11.6 Å². The highest BCUT2D eigenvalue weighted by Crippen LogP contribution is 1.94. The van der Waals surface area contributed by atoms with Gasteiger partial charge in [0.15, 0.2) is 6.19 Å². The van der Waals surface area contributed by atoms with E-state index in [1.807, 2.05) is 13.8 Å². The van der Waals surface area contributed by atoms with Crippen LogP contribution in [0.5, 0.6) is 0 Å². The second kappa shape index (κ2) is 4.46. The molecule has 0 amide bonds. The highest BCUT2D eigenvalue weighted by molar-refractivity contribution is 6.18. The van der Waals surface area contributed by atoms with E-state index in [0.29, 0.717) is 12.4 Å².